The first-order valence-electron chi connectivity index (χ1n) is 8.64. The first kappa shape index (κ1) is 21.3. The Morgan fingerprint density at radius 1 is 1.03 bits per heavy atom. The van der Waals surface area contributed by atoms with Crippen LogP contribution in [-0.4, -0.2) is 7.11 Å². The summed E-state index contributed by atoms with van der Waals surface area (Å²) in [5, 5.41) is 10.8. The summed E-state index contributed by atoms with van der Waals surface area (Å²) in [5.74, 6) is 1.11. The SMILES string of the molecule is COc1cc(C=C(C#N)c2ccccc2Cl)c(Br)cc1OCc1ccccc1Cl. The minimum atomic E-state index is 0.306. The second-order valence-corrected chi connectivity index (χ2v) is 7.72. The van der Waals surface area contributed by atoms with E-state index in [2.05, 4.69) is 22.0 Å². The molecule has 0 amide bonds. The van der Waals surface area contributed by atoms with Crippen LogP contribution >= 0.6 is 39.1 Å². The number of hydrogen-bond donors (Lipinski definition) is 0. The van der Waals surface area contributed by atoms with E-state index in [-0.39, 0.29) is 0 Å². The van der Waals surface area contributed by atoms with Crippen molar-refractivity contribution in [3.63, 3.8) is 0 Å². The maximum atomic E-state index is 9.61. The Labute approximate surface area is 188 Å². The van der Waals surface area contributed by atoms with Crippen LogP contribution in [-0.2, 0) is 6.61 Å². The van der Waals surface area contributed by atoms with E-state index >= 15 is 0 Å². The third kappa shape index (κ3) is 5.13. The Kier molecular flexibility index (Phi) is 7.22. The van der Waals surface area contributed by atoms with Gasteiger partial charge in [0, 0.05) is 25.6 Å². The zero-order valence-corrected chi connectivity index (χ0v) is 18.6. The van der Waals surface area contributed by atoms with Gasteiger partial charge in [0.2, 0.25) is 0 Å². The first-order valence-corrected chi connectivity index (χ1v) is 10.2. The fraction of sp³-hybridized carbons (Fsp3) is 0.0870. The largest absolute Gasteiger partial charge is 0.493 e. The quantitative estimate of drug-likeness (QED) is 0.268. The molecule has 146 valence electrons. The maximum Gasteiger partial charge on any atom is 0.162 e. The lowest BCUT2D eigenvalue weighted by atomic mass is 10.0. The molecule has 3 aromatic carbocycles. The average molecular weight is 489 g/mol. The summed E-state index contributed by atoms with van der Waals surface area (Å²) >= 11 is 16.0. The summed E-state index contributed by atoms with van der Waals surface area (Å²) in [4.78, 5) is 0. The highest BCUT2D eigenvalue weighted by molar-refractivity contribution is 9.10. The highest BCUT2D eigenvalue weighted by Crippen LogP contribution is 2.36. The van der Waals surface area contributed by atoms with Crippen molar-refractivity contribution in [2.24, 2.45) is 0 Å². The van der Waals surface area contributed by atoms with E-state index in [0.717, 1.165) is 15.6 Å². The second-order valence-electron chi connectivity index (χ2n) is 6.05. The molecule has 0 saturated carbocycles. The average Bonchev–Trinajstić information content (AvgIpc) is 2.73. The van der Waals surface area contributed by atoms with Gasteiger partial charge in [-0.25, -0.2) is 0 Å². The number of rotatable bonds is 6. The summed E-state index contributed by atoms with van der Waals surface area (Å²) < 4.78 is 12.2. The lowest BCUT2D eigenvalue weighted by Crippen LogP contribution is -1.99. The summed E-state index contributed by atoms with van der Waals surface area (Å²) in [6, 6.07) is 20.6. The van der Waals surface area contributed by atoms with E-state index in [4.69, 9.17) is 32.7 Å². The number of nitriles is 1. The Morgan fingerprint density at radius 3 is 2.38 bits per heavy atom. The molecule has 6 heteroatoms. The van der Waals surface area contributed by atoms with Crippen LogP contribution in [0.15, 0.2) is 65.1 Å². The Morgan fingerprint density at radius 2 is 1.72 bits per heavy atom. The minimum Gasteiger partial charge on any atom is -0.493 e. The molecule has 0 radical (unpaired) electrons. The topological polar surface area (TPSA) is 42.2 Å². The molecule has 0 N–H and O–H groups in total. The smallest absolute Gasteiger partial charge is 0.162 e. The number of halogens is 3. The molecule has 29 heavy (non-hydrogen) atoms. The van der Waals surface area contributed by atoms with Crippen LogP contribution < -0.4 is 9.47 Å². The van der Waals surface area contributed by atoms with E-state index in [1.54, 1.807) is 25.3 Å². The molecule has 0 heterocycles. The van der Waals surface area contributed by atoms with Crippen LogP contribution in [0.5, 0.6) is 11.5 Å². The van der Waals surface area contributed by atoms with Crippen LogP contribution in [0.1, 0.15) is 16.7 Å². The molecule has 0 unspecified atom stereocenters. The predicted molar refractivity (Wildman–Crippen MR) is 121 cm³/mol. The van der Waals surface area contributed by atoms with Gasteiger partial charge in [-0.05, 0) is 35.9 Å². The van der Waals surface area contributed by atoms with Gasteiger partial charge in [-0.1, -0.05) is 75.5 Å². The Balaban J connectivity index is 1.93. The Hall–Kier alpha value is -2.45. The van der Waals surface area contributed by atoms with E-state index in [1.165, 1.54) is 0 Å². The standard InChI is InChI=1S/C23H16BrCl2NO2/c1-28-22-11-16(10-17(13-27)18-7-3-5-9-21(18)26)19(24)12-23(22)29-14-15-6-2-4-8-20(15)25/h2-12H,14H2,1H3. The predicted octanol–water partition coefficient (Wildman–Crippen LogP) is 7.41. The van der Waals surface area contributed by atoms with Gasteiger partial charge in [-0.3, -0.25) is 0 Å². The van der Waals surface area contributed by atoms with Crippen LogP contribution in [0, 0.1) is 11.3 Å². The highest BCUT2D eigenvalue weighted by Gasteiger charge is 2.13. The van der Waals surface area contributed by atoms with Gasteiger partial charge in [0.25, 0.3) is 0 Å². The van der Waals surface area contributed by atoms with Gasteiger partial charge in [-0.2, -0.15) is 5.26 Å². The minimum absolute atomic E-state index is 0.306. The first-order chi connectivity index (χ1) is 14.0. The van der Waals surface area contributed by atoms with Crippen molar-refractivity contribution in [2.45, 2.75) is 6.61 Å². The third-order valence-corrected chi connectivity index (χ3v) is 5.59. The molecule has 0 spiro atoms. The van der Waals surface area contributed by atoms with Crippen LogP contribution in [0.25, 0.3) is 11.6 Å². The Bertz CT molecular complexity index is 1110. The van der Waals surface area contributed by atoms with Gasteiger partial charge in [0.1, 0.15) is 6.61 Å². The van der Waals surface area contributed by atoms with Crippen LogP contribution in [0.3, 0.4) is 0 Å². The molecule has 3 rings (SSSR count). The van der Waals surface area contributed by atoms with Crippen LogP contribution in [0.4, 0.5) is 0 Å². The van der Waals surface area contributed by atoms with Crippen molar-refractivity contribution in [1.82, 2.24) is 0 Å². The molecule has 0 atom stereocenters. The molecule has 0 bridgehead atoms. The molecular weight excluding hydrogens is 473 g/mol. The number of nitrogens with zero attached hydrogens (tertiary/aromatic N) is 1. The van der Waals surface area contributed by atoms with Gasteiger partial charge < -0.3 is 9.47 Å². The van der Waals surface area contributed by atoms with Crippen molar-refractivity contribution in [3.8, 4) is 17.6 Å². The van der Waals surface area contributed by atoms with Gasteiger partial charge >= 0.3 is 0 Å². The summed E-state index contributed by atoms with van der Waals surface area (Å²) in [6.07, 6.45) is 1.76. The van der Waals surface area contributed by atoms with Gasteiger partial charge in [-0.15, -0.1) is 0 Å². The summed E-state index contributed by atoms with van der Waals surface area (Å²) in [6.45, 7) is 0.306. The second kappa shape index (κ2) is 9.84. The number of benzene rings is 3. The molecule has 0 saturated heterocycles. The fourth-order valence-electron chi connectivity index (χ4n) is 2.71. The molecule has 0 aromatic heterocycles. The normalized spacial score (nSPS) is 11.1. The number of hydrogen-bond acceptors (Lipinski definition) is 3. The molecule has 3 nitrogen and oxygen atoms in total. The molecule has 0 aliphatic rings. The zero-order chi connectivity index (χ0) is 20.8. The molecule has 3 aromatic rings. The number of methoxy groups -OCH3 is 1. The molecule has 0 aliphatic carbocycles. The van der Waals surface area contributed by atoms with Crippen LogP contribution in [0.2, 0.25) is 10.0 Å². The fourth-order valence-corrected chi connectivity index (χ4v) is 3.57. The summed E-state index contributed by atoms with van der Waals surface area (Å²) in [5.41, 5.74) is 2.76. The molecular formula is C23H16BrCl2NO2. The third-order valence-electron chi connectivity index (χ3n) is 4.21. The van der Waals surface area contributed by atoms with Crippen molar-refractivity contribution >= 4 is 50.8 Å². The maximum absolute atomic E-state index is 9.61. The van der Waals surface area contributed by atoms with Crippen molar-refractivity contribution in [2.75, 3.05) is 7.11 Å². The molecule has 0 aliphatic heterocycles. The summed E-state index contributed by atoms with van der Waals surface area (Å²) in [7, 11) is 1.57. The number of ether oxygens (including phenoxy) is 2. The highest BCUT2D eigenvalue weighted by atomic mass is 79.9. The number of allylic oxidation sites excluding steroid dienone is 1. The van der Waals surface area contributed by atoms with Crippen molar-refractivity contribution < 1.29 is 9.47 Å². The van der Waals surface area contributed by atoms with Gasteiger partial charge in [0.05, 0.1) is 18.8 Å². The monoisotopic (exact) mass is 487 g/mol. The van der Waals surface area contributed by atoms with Gasteiger partial charge in [0.15, 0.2) is 11.5 Å². The zero-order valence-electron chi connectivity index (χ0n) is 15.5. The van der Waals surface area contributed by atoms with E-state index in [9.17, 15) is 5.26 Å². The lowest BCUT2D eigenvalue weighted by molar-refractivity contribution is 0.284. The molecule has 0 fully saturated rings. The van der Waals surface area contributed by atoms with E-state index in [1.807, 2.05) is 48.5 Å². The van der Waals surface area contributed by atoms with Crippen molar-refractivity contribution in [1.29, 1.82) is 5.26 Å². The van der Waals surface area contributed by atoms with E-state index < -0.39 is 0 Å². The van der Waals surface area contributed by atoms with Crippen molar-refractivity contribution in [3.05, 3.63) is 91.9 Å². The lowest BCUT2D eigenvalue weighted by Gasteiger charge is -2.14. The van der Waals surface area contributed by atoms with E-state index in [0.29, 0.717) is 39.3 Å².